The number of nitrogens with one attached hydrogen (secondary N) is 1. The van der Waals surface area contributed by atoms with Gasteiger partial charge in [-0.25, -0.2) is 0 Å². The van der Waals surface area contributed by atoms with Crippen molar-refractivity contribution in [3.8, 4) is 5.75 Å². The number of aromatic hydroxyl groups is 1. The zero-order valence-corrected chi connectivity index (χ0v) is 26.8. The summed E-state index contributed by atoms with van der Waals surface area (Å²) in [5.41, 5.74) is 5.99. The summed E-state index contributed by atoms with van der Waals surface area (Å²) in [6, 6.07) is 12.1. The minimum absolute atomic E-state index is 0.0503. The van der Waals surface area contributed by atoms with E-state index in [1.165, 1.54) is 13.0 Å². The number of halogens is 3. The summed E-state index contributed by atoms with van der Waals surface area (Å²) in [6.07, 6.45) is -1.45. The number of nitrogen functional groups attached to an aromatic ring is 1. The zero-order chi connectivity index (χ0) is 35.1. The van der Waals surface area contributed by atoms with Crippen LogP contribution in [-0.4, -0.2) is 41.0 Å². The number of benzene rings is 4. The molecule has 248 valence electrons. The first-order valence-corrected chi connectivity index (χ1v) is 16.4. The summed E-state index contributed by atoms with van der Waals surface area (Å²) in [4.78, 5) is 4.77. The maximum Gasteiger partial charge on any atom is 0.313 e. The van der Waals surface area contributed by atoms with Crippen molar-refractivity contribution in [2.24, 2.45) is 20.5 Å². The van der Waals surface area contributed by atoms with Crippen molar-refractivity contribution in [1.29, 1.82) is 0 Å². The monoisotopic (exact) mass is 718 g/mol. The first kappa shape index (κ1) is 34.1. The third kappa shape index (κ3) is 7.04. The molecule has 6 N–H and O–H groups in total. The molecule has 0 unspecified atom stereocenters. The number of fused-ring (bicyclic) bond motifs is 1. The predicted molar refractivity (Wildman–Crippen MR) is 171 cm³/mol. The van der Waals surface area contributed by atoms with E-state index in [1.54, 1.807) is 24.3 Å². The average molecular weight is 719 g/mol. The van der Waals surface area contributed by atoms with Gasteiger partial charge >= 0.3 is 6.08 Å². The molecule has 1 aromatic heterocycles. The number of hydrogen-bond donors (Lipinski definition) is 5. The van der Waals surface area contributed by atoms with Crippen LogP contribution in [0.4, 0.5) is 48.7 Å². The van der Waals surface area contributed by atoms with E-state index in [0.29, 0.717) is 5.69 Å². The van der Waals surface area contributed by atoms with Gasteiger partial charge in [0.15, 0.2) is 11.6 Å². The summed E-state index contributed by atoms with van der Waals surface area (Å²) in [7, 11) is -9.80. The minimum Gasteiger partial charge on any atom is -0.505 e. The fourth-order valence-electron chi connectivity index (χ4n) is 4.43. The van der Waals surface area contributed by atoms with Crippen LogP contribution in [0.3, 0.4) is 0 Å². The summed E-state index contributed by atoms with van der Waals surface area (Å²) in [5.74, 6) is -2.52. The van der Waals surface area contributed by atoms with E-state index in [9.17, 15) is 39.8 Å². The number of aromatic nitrogens is 2. The Morgan fingerprint density at radius 3 is 2.12 bits per heavy atom. The standard InChI is InChI=1S/C28H21ClF2N8O7S2/c1-12-3-5-15(6-4-12)36-39-24-19(48(44,45)46)10-14-9-13(2)23(25(40)20(14)22(24)32)38-37-17-11-16(7-8-18(17)47(41,42)43)33-27-21(29)26(30)34-28(31)35-27/h3-11,40H,32H2,1-2H3,(H,33,34,35)(H,41,42,43)(H,44,45,46). The van der Waals surface area contributed by atoms with Crippen LogP contribution in [0.15, 0.2) is 84.8 Å². The summed E-state index contributed by atoms with van der Waals surface area (Å²) >= 11 is 5.79. The Labute approximate surface area is 275 Å². The molecule has 0 radical (unpaired) electrons. The number of phenols is 1. The van der Waals surface area contributed by atoms with E-state index in [1.807, 2.05) is 6.92 Å². The number of anilines is 3. The molecule has 0 amide bonds. The van der Waals surface area contributed by atoms with Crippen molar-refractivity contribution in [2.45, 2.75) is 23.6 Å². The topological polar surface area (TPSA) is 242 Å². The highest BCUT2D eigenvalue weighted by Gasteiger charge is 2.25. The molecule has 0 spiro atoms. The van der Waals surface area contributed by atoms with Crippen LogP contribution in [0.5, 0.6) is 5.75 Å². The molecule has 20 heteroatoms. The van der Waals surface area contributed by atoms with E-state index in [-0.39, 0.29) is 27.7 Å². The largest absolute Gasteiger partial charge is 0.505 e. The highest BCUT2D eigenvalue weighted by atomic mass is 35.5. The van der Waals surface area contributed by atoms with Crippen LogP contribution in [0.2, 0.25) is 5.02 Å². The average Bonchev–Trinajstić information content (AvgIpc) is 2.98. The maximum atomic E-state index is 13.8. The second-order valence-electron chi connectivity index (χ2n) is 10.1. The lowest BCUT2D eigenvalue weighted by molar-refractivity contribution is 0.480. The summed E-state index contributed by atoms with van der Waals surface area (Å²) < 4.78 is 95.9. The number of aryl methyl sites for hydroxylation is 2. The molecule has 0 aliphatic carbocycles. The van der Waals surface area contributed by atoms with Crippen molar-refractivity contribution in [3.05, 3.63) is 82.8 Å². The van der Waals surface area contributed by atoms with Crippen LogP contribution >= 0.6 is 11.6 Å². The normalized spacial score (nSPS) is 12.4. The minimum atomic E-state index is -4.91. The van der Waals surface area contributed by atoms with Gasteiger partial charge in [0.2, 0.25) is 5.95 Å². The van der Waals surface area contributed by atoms with Crippen LogP contribution in [0, 0.1) is 25.9 Å². The molecular weight excluding hydrogens is 698 g/mol. The van der Waals surface area contributed by atoms with E-state index < -0.39 is 75.7 Å². The van der Waals surface area contributed by atoms with Crippen LogP contribution in [0.25, 0.3) is 10.8 Å². The van der Waals surface area contributed by atoms with Crippen LogP contribution < -0.4 is 11.1 Å². The van der Waals surface area contributed by atoms with Crippen molar-refractivity contribution in [1.82, 2.24) is 9.97 Å². The van der Waals surface area contributed by atoms with Gasteiger partial charge in [-0.1, -0.05) is 29.3 Å². The van der Waals surface area contributed by atoms with Gasteiger partial charge in [-0.15, -0.1) is 15.3 Å². The van der Waals surface area contributed by atoms with Crippen LogP contribution in [-0.2, 0) is 20.2 Å². The highest BCUT2D eigenvalue weighted by molar-refractivity contribution is 7.86. The Kier molecular flexibility index (Phi) is 9.08. The Morgan fingerprint density at radius 2 is 1.48 bits per heavy atom. The molecule has 0 fully saturated rings. The molecule has 5 rings (SSSR count). The van der Waals surface area contributed by atoms with Crippen molar-refractivity contribution >= 4 is 82.6 Å². The van der Waals surface area contributed by atoms with Crippen molar-refractivity contribution < 1.29 is 39.8 Å². The lowest BCUT2D eigenvalue weighted by Gasteiger charge is -2.14. The van der Waals surface area contributed by atoms with E-state index >= 15 is 0 Å². The van der Waals surface area contributed by atoms with Gasteiger partial charge in [0.1, 0.15) is 31.9 Å². The van der Waals surface area contributed by atoms with Gasteiger partial charge in [0, 0.05) is 5.69 Å². The smallest absolute Gasteiger partial charge is 0.313 e. The quantitative estimate of drug-likeness (QED) is 0.0345. The zero-order valence-electron chi connectivity index (χ0n) is 24.4. The molecule has 0 aliphatic rings. The second kappa shape index (κ2) is 12.8. The molecule has 0 atom stereocenters. The Bertz CT molecular complexity index is 2410. The van der Waals surface area contributed by atoms with E-state index in [2.05, 4.69) is 35.7 Å². The number of hydrogen-bond acceptors (Lipinski definition) is 13. The van der Waals surface area contributed by atoms with Gasteiger partial charge < -0.3 is 16.2 Å². The van der Waals surface area contributed by atoms with Crippen molar-refractivity contribution in [2.75, 3.05) is 11.1 Å². The van der Waals surface area contributed by atoms with Gasteiger partial charge in [0.05, 0.1) is 16.8 Å². The molecule has 48 heavy (non-hydrogen) atoms. The Hall–Kier alpha value is -5.21. The Morgan fingerprint density at radius 1 is 0.833 bits per heavy atom. The Balaban J connectivity index is 1.64. The molecule has 0 saturated carbocycles. The molecule has 4 aromatic carbocycles. The molecule has 5 aromatic rings. The van der Waals surface area contributed by atoms with Gasteiger partial charge in [-0.2, -0.15) is 40.7 Å². The maximum absolute atomic E-state index is 13.8. The fourth-order valence-corrected chi connectivity index (χ4v) is 5.83. The first-order valence-electron chi connectivity index (χ1n) is 13.2. The van der Waals surface area contributed by atoms with Gasteiger partial charge in [0.25, 0.3) is 20.2 Å². The number of rotatable bonds is 8. The molecule has 0 bridgehead atoms. The number of nitrogens with two attached hydrogens (primary N) is 1. The van der Waals surface area contributed by atoms with Gasteiger partial charge in [-0.3, -0.25) is 9.11 Å². The predicted octanol–water partition coefficient (Wildman–Crippen LogP) is 7.53. The fraction of sp³-hybridized carbons (Fsp3) is 0.0714. The summed E-state index contributed by atoms with van der Waals surface area (Å²) in [5, 5.41) is 28.7. The molecular formula is C28H21ClF2N8O7S2. The second-order valence-corrected chi connectivity index (χ2v) is 13.2. The van der Waals surface area contributed by atoms with Crippen molar-refractivity contribution in [3.63, 3.8) is 0 Å². The summed E-state index contributed by atoms with van der Waals surface area (Å²) in [6.45, 7) is 3.29. The number of nitrogens with zero attached hydrogens (tertiary/aromatic N) is 6. The molecule has 15 nitrogen and oxygen atoms in total. The third-order valence-electron chi connectivity index (χ3n) is 6.66. The van der Waals surface area contributed by atoms with E-state index in [4.69, 9.17) is 17.3 Å². The van der Waals surface area contributed by atoms with E-state index in [0.717, 1.165) is 29.8 Å². The highest BCUT2D eigenvalue weighted by Crippen LogP contribution is 2.47. The number of azo groups is 2. The molecule has 0 aliphatic heterocycles. The number of phenolic OH excluding ortho intramolecular Hbond substituents is 1. The molecule has 1 heterocycles. The lowest BCUT2D eigenvalue weighted by Crippen LogP contribution is -2.03. The lowest BCUT2D eigenvalue weighted by atomic mass is 10.0. The van der Waals surface area contributed by atoms with Gasteiger partial charge in [-0.05, 0) is 67.3 Å². The molecule has 0 saturated heterocycles. The first-order chi connectivity index (χ1) is 22.4. The van der Waals surface area contributed by atoms with Crippen LogP contribution in [0.1, 0.15) is 11.1 Å². The SMILES string of the molecule is Cc1ccc(N=Nc2c(S(=O)(=O)O)cc3cc(C)c(N=Nc4cc(Nc5nc(F)nc(F)c5Cl)ccc4S(=O)(=O)O)c(O)c3c2N)cc1. The third-order valence-corrected chi connectivity index (χ3v) is 8.76.